The number of rotatable bonds is 5. The molecule has 0 saturated heterocycles. The molecule has 2 nitrogen and oxygen atoms in total. The van der Waals surface area contributed by atoms with Gasteiger partial charge in [0.25, 0.3) is 0 Å². The lowest BCUT2D eigenvalue weighted by molar-refractivity contribution is -0.175. The first-order valence-corrected chi connectivity index (χ1v) is 8.64. The summed E-state index contributed by atoms with van der Waals surface area (Å²) in [5.41, 5.74) is 0.527. The van der Waals surface area contributed by atoms with Gasteiger partial charge in [0.2, 0.25) is 0 Å². The van der Waals surface area contributed by atoms with Crippen LogP contribution in [0.5, 0.6) is 0 Å². The molecule has 1 N–H and O–H groups in total. The maximum atomic E-state index is 5.95. The van der Waals surface area contributed by atoms with Gasteiger partial charge in [-0.1, -0.05) is 25.7 Å². The van der Waals surface area contributed by atoms with E-state index in [0.717, 1.165) is 18.6 Å². The maximum Gasteiger partial charge on any atom is 0.0661 e. The highest BCUT2D eigenvalue weighted by molar-refractivity contribution is 5.12. The molecular weight excluding hydrogens is 234 g/mol. The second kappa shape index (κ2) is 5.73. The third-order valence-electron chi connectivity index (χ3n) is 6.26. The molecule has 3 atom stereocenters. The van der Waals surface area contributed by atoms with Gasteiger partial charge in [0, 0.05) is 24.1 Å². The molecule has 0 aromatic rings. The molecule has 3 aliphatic rings. The van der Waals surface area contributed by atoms with Crippen molar-refractivity contribution < 1.29 is 4.74 Å². The molecule has 0 radical (unpaired) electrons. The minimum Gasteiger partial charge on any atom is -0.378 e. The molecule has 0 heterocycles. The highest BCUT2D eigenvalue weighted by Gasteiger charge is 2.58. The van der Waals surface area contributed by atoms with Gasteiger partial charge in [0.05, 0.1) is 6.10 Å². The minimum absolute atomic E-state index is 0.527. The Morgan fingerprint density at radius 1 is 1.16 bits per heavy atom. The van der Waals surface area contributed by atoms with Crippen molar-refractivity contribution in [2.45, 2.75) is 89.8 Å². The monoisotopic (exact) mass is 265 g/mol. The zero-order chi connectivity index (χ0) is 13.3. The highest BCUT2D eigenvalue weighted by atomic mass is 16.5. The molecule has 0 aliphatic heterocycles. The number of hydrogen-bond donors (Lipinski definition) is 1. The van der Waals surface area contributed by atoms with Crippen molar-refractivity contribution >= 4 is 0 Å². The summed E-state index contributed by atoms with van der Waals surface area (Å²) in [6.07, 6.45) is 13.3. The predicted octanol–water partition coefficient (Wildman–Crippen LogP) is 3.89. The third-order valence-corrected chi connectivity index (χ3v) is 6.26. The van der Waals surface area contributed by atoms with Crippen molar-refractivity contribution in [1.82, 2.24) is 5.32 Å². The largest absolute Gasteiger partial charge is 0.378 e. The van der Waals surface area contributed by atoms with Crippen molar-refractivity contribution in [3.05, 3.63) is 0 Å². The quantitative estimate of drug-likeness (QED) is 0.814. The molecule has 1 spiro atoms. The second-order valence-electron chi connectivity index (χ2n) is 7.17. The van der Waals surface area contributed by atoms with Gasteiger partial charge in [0.1, 0.15) is 0 Å². The van der Waals surface area contributed by atoms with Crippen LogP contribution in [0.15, 0.2) is 0 Å². The summed E-state index contributed by atoms with van der Waals surface area (Å²) in [7, 11) is 0. The minimum atomic E-state index is 0.527. The average molecular weight is 265 g/mol. The molecule has 3 fully saturated rings. The lowest BCUT2D eigenvalue weighted by atomic mass is 9.50. The summed E-state index contributed by atoms with van der Waals surface area (Å²) in [5, 5.41) is 3.99. The third kappa shape index (κ3) is 2.47. The Balaban J connectivity index is 1.52. The van der Waals surface area contributed by atoms with Crippen molar-refractivity contribution in [3.63, 3.8) is 0 Å². The fourth-order valence-electron chi connectivity index (χ4n) is 4.76. The van der Waals surface area contributed by atoms with E-state index in [1.165, 1.54) is 57.8 Å². The molecule has 0 aromatic carbocycles. The van der Waals surface area contributed by atoms with E-state index in [9.17, 15) is 0 Å². The lowest BCUT2D eigenvalue weighted by Crippen LogP contribution is -2.68. The van der Waals surface area contributed by atoms with Crippen LogP contribution < -0.4 is 5.32 Å². The maximum absolute atomic E-state index is 5.95. The van der Waals surface area contributed by atoms with E-state index in [2.05, 4.69) is 19.2 Å². The van der Waals surface area contributed by atoms with E-state index >= 15 is 0 Å². The summed E-state index contributed by atoms with van der Waals surface area (Å²) in [6, 6.07) is 1.46. The smallest absolute Gasteiger partial charge is 0.0661 e. The van der Waals surface area contributed by atoms with Crippen molar-refractivity contribution in [2.75, 3.05) is 6.61 Å². The molecule has 2 heteroatoms. The van der Waals surface area contributed by atoms with E-state index in [-0.39, 0.29) is 0 Å². The van der Waals surface area contributed by atoms with E-state index in [1.54, 1.807) is 0 Å². The molecule has 110 valence electrons. The first-order valence-electron chi connectivity index (χ1n) is 8.64. The first kappa shape index (κ1) is 13.9. The van der Waals surface area contributed by atoms with E-state index in [4.69, 9.17) is 4.74 Å². The van der Waals surface area contributed by atoms with Crippen LogP contribution in [0.3, 0.4) is 0 Å². The van der Waals surface area contributed by atoms with Gasteiger partial charge in [-0.05, 0) is 51.9 Å². The van der Waals surface area contributed by atoms with Crippen molar-refractivity contribution in [2.24, 2.45) is 11.3 Å². The summed E-state index contributed by atoms with van der Waals surface area (Å²) in [4.78, 5) is 0. The Labute approximate surface area is 118 Å². The zero-order valence-electron chi connectivity index (χ0n) is 12.8. The van der Waals surface area contributed by atoms with E-state index in [0.29, 0.717) is 17.6 Å². The second-order valence-corrected chi connectivity index (χ2v) is 7.17. The van der Waals surface area contributed by atoms with Crippen LogP contribution in [0.1, 0.15) is 71.6 Å². The molecule has 0 amide bonds. The summed E-state index contributed by atoms with van der Waals surface area (Å²) in [5.74, 6) is 0.928. The van der Waals surface area contributed by atoms with Crippen LogP contribution in [0.2, 0.25) is 0 Å². The van der Waals surface area contributed by atoms with Crippen LogP contribution in [-0.4, -0.2) is 24.8 Å². The van der Waals surface area contributed by atoms with Crippen LogP contribution in [0, 0.1) is 11.3 Å². The summed E-state index contributed by atoms with van der Waals surface area (Å²) < 4.78 is 5.95. The Morgan fingerprint density at radius 3 is 2.47 bits per heavy atom. The summed E-state index contributed by atoms with van der Waals surface area (Å²) in [6.45, 7) is 5.45. The highest BCUT2D eigenvalue weighted by Crippen LogP contribution is 2.57. The fourth-order valence-corrected chi connectivity index (χ4v) is 4.76. The lowest BCUT2D eigenvalue weighted by Gasteiger charge is -2.62. The number of nitrogens with one attached hydrogen (secondary N) is 1. The SMILES string of the molecule is CCOC1CC(N[C@H](C)C2CCCCC2)C12CCC2. The molecule has 3 aliphatic carbocycles. The van der Waals surface area contributed by atoms with Gasteiger partial charge in [-0.25, -0.2) is 0 Å². The van der Waals surface area contributed by atoms with Crippen LogP contribution >= 0.6 is 0 Å². The zero-order valence-corrected chi connectivity index (χ0v) is 12.8. The Kier molecular flexibility index (Phi) is 4.19. The summed E-state index contributed by atoms with van der Waals surface area (Å²) >= 11 is 0. The van der Waals surface area contributed by atoms with Gasteiger partial charge in [-0.3, -0.25) is 0 Å². The fraction of sp³-hybridized carbons (Fsp3) is 1.00. The Bertz CT molecular complexity index is 294. The Morgan fingerprint density at radius 2 is 1.89 bits per heavy atom. The van der Waals surface area contributed by atoms with Crippen LogP contribution in [0.4, 0.5) is 0 Å². The number of hydrogen-bond acceptors (Lipinski definition) is 2. The Hall–Kier alpha value is -0.0800. The van der Waals surface area contributed by atoms with E-state index < -0.39 is 0 Å². The van der Waals surface area contributed by atoms with Crippen LogP contribution in [-0.2, 0) is 4.74 Å². The van der Waals surface area contributed by atoms with Gasteiger partial charge in [-0.15, -0.1) is 0 Å². The van der Waals surface area contributed by atoms with Gasteiger partial charge in [0.15, 0.2) is 0 Å². The average Bonchev–Trinajstić information content (AvgIpc) is 2.36. The molecule has 2 unspecified atom stereocenters. The molecule has 0 bridgehead atoms. The molecule has 19 heavy (non-hydrogen) atoms. The van der Waals surface area contributed by atoms with E-state index in [1.807, 2.05) is 0 Å². The molecule has 3 saturated carbocycles. The van der Waals surface area contributed by atoms with Gasteiger partial charge >= 0.3 is 0 Å². The van der Waals surface area contributed by atoms with Crippen molar-refractivity contribution in [1.29, 1.82) is 0 Å². The van der Waals surface area contributed by atoms with Crippen molar-refractivity contribution in [3.8, 4) is 0 Å². The molecule has 3 rings (SSSR count). The predicted molar refractivity (Wildman–Crippen MR) is 79.3 cm³/mol. The topological polar surface area (TPSA) is 21.3 Å². The molecule has 0 aromatic heterocycles. The molecular formula is C17H31NO. The first-order chi connectivity index (χ1) is 9.26. The van der Waals surface area contributed by atoms with Crippen LogP contribution in [0.25, 0.3) is 0 Å². The standard InChI is InChI=1S/C17H31NO/c1-3-19-16-12-15(17(16)10-7-11-17)18-13(2)14-8-5-4-6-9-14/h13-16,18H,3-12H2,1-2H3/t13-,15?,16?/m1/s1. The van der Waals surface area contributed by atoms with Gasteiger partial charge in [-0.2, -0.15) is 0 Å². The van der Waals surface area contributed by atoms with Gasteiger partial charge < -0.3 is 10.1 Å². The number of ether oxygens (including phenoxy) is 1. The normalized spacial score (nSPS) is 35.7.